The minimum absolute atomic E-state index is 0.343. The molecule has 0 radical (unpaired) electrons. The molecule has 0 aliphatic carbocycles. The number of hydrazine groups is 1. The molecule has 4 nitrogen and oxygen atoms in total. The summed E-state index contributed by atoms with van der Waals surface area (Å²) in [5.41, 5.74) is 3.20. The van der Waals surface area contributed by atoms with Crippen molar-refractivity contribution in [2.24, 2.45) is 5.84 Å². The Morgan fingerprint density at radius 1 is 1.43 bits per heavy atom. The summed E-state index contributed by atoms with van der Waals surface area (Å²) in [5, 5.41) is 2.90. The summed E-state index contributed by atoms with van der Waals surface area (Å²) in [5.74, 6) is 4.70. The van der Waals surface area contributed by atoms with Crippen LogP contribution in [0.4, 0.5) is 5.69 Å². The van der Waals surface area contributed by atoms with Gasteiger partial charge in [0, 0.05) is 0 Å². The molecule has 5 heteroatoms. The van der Waals surface area contributed by atoms with E-state index in [1.807, 2.05) is 6.07 Å². The molecule has 14 heavy (non-hydrogen) atoms. The smallest absolute Gasteiger partial charge is 0.267 e. The number of benzene rings is 1. The Morgan fingerprint density at radius 2 is 2.07 bits per heavy atom. The average Bonchev–Trinajstić information content (AvgIpc) is 2.16. The van der Waals surface area contributed by atoms with Crippen molar-refractivity contribution in [2.75, 3.05) is 5.32 Å². The number of nitrogen functional groups attached to an aromatic ring is 1. The molecule has 0 aliphatic rings. The summed E-state index contributed by atoms with van der Waals surface area (Å²) in [7, 11) is 0. The van der Waals surface area contributed by atoms with Gasteiger partial charge >= 0.3 is 0 Å². The van der Waals surface area contributed by atoms with Gasteiger partial charge in [-0.25, -0.2) is 5.84 Å². The molecule has 0 aromatic heterocycles. The number of nitrogens with one attached hydrogen (secondary N) is 2. The van der Waals surface area contributed by atoms with E-state index in [4.69, 9.17) is 18.1 Å². The quantitative estimate of drug-likeness (QED) is 0.295. The maximum absolute atomic E-state index is 11.3. The fourth-order valence-electron chi connectivity index (χ4n) is 1.06. The molecule has 1 aromatic carbocycles. The predicted octanol–water partition coefficient (Wildman–Crippen LogP) is 1.05. The molecule has 0 bridgehead atoms. The molecule has 1 amide bonds. The highest BCUT2D eigenvalue weighted by atomic mass is 32.1. The second-order valence-electron chi connectivity index (χ2n) is 2.70. The molecule has 74 valence electrons. The maximum Gasteiger partial charge on any atom is 0.267 e. The summed E-state index contributed by atoms with van der Waals surface area (Å²) in [6.07, 6.45) is 0. The number of para-hydroxylation sites is 1. The van der Waals surface area contributed by atoms with Crippen LogP contribution in [0.3, 0.4) is 0 Å². The van der Waals surface area contributed by atoms with Crippen LogP contribution in [0.15, 0.2) is 24.3 Å². The van der Waals surface area contributed by atoms with Crippen molar-refractivity contribution in [1.82, 2.24) is 5.43 Å². The second kappa shape index (κ2) is 4.69. The van der Waals surface area contributed by atoms with Crippen molar-refractivity contribution in [3.8, 4) is 0 Å². The molecule has 1 aromatic rings. The van der Waals surface area contributed by atoms with Gasteiger partial charge in [-0.1, -0.05) is 24.4 Å². The van der Waals surface area contributed by atoms with Gasteiger partial charge < -0.3 is 5.32 Å². The van der Waals surface area contributed by atoms with Crippen LogP contribution in [0.1, 0.15) is 17.3 Å². The van der Waals surface area contributed by atoms with Crippen molar-refractivity contribution in [3.63, 3.8) is 0 Å². The van der Waals surface area contributed by atoms with E-state index >= 15 is 0 Å². The predicted molar refractivity (Wildman–Crippen MR) is 60.0 cm³/mol. The summed E-state index contributed by atoms with van der Waals surface area (Å²) >= 11 is 4.89. The van der Waals surface area contributed by atoms with E-state index in [2.05, 4.69) is 10.7 Å². The van der Waals surface area contributed by atoms with Gasteiger partial charge in [0.15, 0.2) is 0 Å². The fraction of sp³-hybridized carbons (Fsp3) is 0.111. The number of nitrogens with two attached hydrogens (primary N) is 1. The van der Waals surface area contributed by atoms with Crippen LogP contribution < -0.4 is 16.6 Å². The lowest BCUT2D eigenvalue weighted by Gasteiger charge is -2.08. The van der Waals surface area contributed by atoms with E-state index in [0.717, 1.165) is 0 Å². The first-order valence-corrected chi connectivity index (χ1v) is 4.43. The lowest BCUT2D eigenvalue weighted by molar-refractivity contribution is 0.0954. The van der Waals surface area contributed by atoms with Gasteiger partial charge in [0.25, 0.3) is 5.91 Å². The summed E-state index contributed by atoms with van der Waals surface area (Å²) in [6.45, 7) is 1.74. The third-order valence-electron chi connectivity index (χ3n) is 1.61. The fourth-order valence-corrected chi connectivity index (χ4v) is 1.17. The SMILES string of the molecule is CC(=S)Nc1ccccc1C(=O)NN. The summed E-state index contributed by atoms with van der Waals surface area (Å²) in [4.78, 5) is 11.9. The molecule has 0 aliphatic heterocycles. The third-order valence-corrected chi connectivity index (χ3v) is 1.72. The average molecular weight is 209 g/mol. The third kappa shape index (κ3) is 2.51. The Balaban J connectivity index is 3.02. The van der Waals surface area contributed by atoms with Gasteiger partial charge in [0.1, 0.15) is 0 Å². The molecule has 0 heterocycles. The van der Waals surface area contributed by atoms with Gasteiger partial charge in [-0.3, -0.25) is 10.2 Å². The number of rotatable bonds is 2. The van der Waals surface area contributed by atoms with E-state index in [9.17, 15) is 4.79 Å². The molecule has 1 rings (SSSR count). The molecule has 0 atom stereocenters. The number of thiocarbonyl (C=S) groups is 1. The van der Waals surface area contributed by atoms with Gasteiger partial charge in [-0.15, -0.1) is 0 Å². The highest BCUT2D eigenvalue weighted by molar-refractivity contribution is 7.80. The second-order valence-corrected chi connectivity index (χ2v) is 3.31. The Kier molecular flexibility index (Phi) is 3.55. The molecular formula is C9H11N3OS. The highest BCUT2D eigenvalue weighted by Gasteiger charge is 2.08. The Hall–Kier alpha value is -1.46. The molecule has 0 unspecified atom stereocenters. The molecule has 4 N–H and O–H groups in total. The molecule has 0 saturated carbocycles. The number of hydrogen-bond acceptors (Lipinski definition) is 3. The zero-order valence-corrected chi connectivity index (χ0v) is 8.52. The highest BCUT2D eigenvalue weighted by Crippen LogP contribution is 2.14. The number of hydrogen-bond donors (Lipinski definition) is 3. The van der Waals surface area contributed by atoms with Gasteiger partial charge in [0.05, 0.1) is 16.2 Å². The number of amides is 1. The van der Waals surface area contributed by atoms with Crippen LogP contribution >= 0.6 is 12.2 Å². The van der Waals surface area contributed by atoms with Crippen LogP contribution in [0.5, 0.6) is 0 Å². The van der Waals surface area contributed by atoms with Gasteiger partial charge in [-0.2, -0.15) is 0 Å². The normalized spacial score (nSPS) is 9.29. The van der Waals surface area contributed by atoms with E-state index < -0.39 is 0 Å². The van der Waals surface area contributed by atoms with Crippen molar-refractivity contribution in [1.29, 1.82) is 0 Å². The molecule has 0 spiro atoms. The zero-order chi connectivity index (χ0) is 10.6. The molecule has 0 saturated heterocycles. The van der Waals surface area contributed by atoms with Crippen molar-refractivity contribution in [3.05, 3.63) is 29.8 Å². The Labute approximate surface area is 87.5 Å². The summed E-state index contributed by atoms with van der Waals surface area (Å²) in [6, 6.07) is 7.01. The van der Waals surface area contributed by atoms with Crippen LogP contribution in [-0.4, -0.2) is 10.9 Å². The largest absolute Gasteiger partial charge is 0.350 e. The summed E-state index contributed by atoms with van der Waals surface area (Å²) < 4.78 is 0. The van der Waals surface area contributed by atoms with Gasteiger partial charge in [-0.05, 0) is 19.1 Å². The number of carbonyl (C=O) groups is 1. The lowest BCUT2D eigenvalue weighted by Crippen LogP contribution is -2.30. The van der Waals surface area contributed by atoms with E-state index in [1.54, 1.807) is 25.1 Å². The Bertz CT molecular complexity index is 365. The molecular weight excluding hydrogens is 198 g/mol. The Morgan fingerprint density at radius 3 is 2.64 bits per heavy atom. The first-order valence-electron chi connectivity index (χ1n) is 4.02. The van der Waals surface area contributed by atoms with Crippen LogP contribution in [0, 0.1) is 0 Å². The first-order chi connectivity index (χ1) is 6.65. The van der Waals surface area contributed by atoms with Crippen molar-refractivity contribution in [2.45, 2.75) is 6.92 Å². The van der Waals surface area contributed by atoms with Crippen LogP contribution in [0.25, 0.3) is 0 Å². The number of anilines is 1. The van der Waals surface area contributed by atoms with E-state index in [1.165, 1.54) is 0 Å². The topological polar surface area (TPSA) is 67.2 Å². The zero-order valence-electron chi connectivity index (χ0n) is 7.70. The van der Waals surface area contributed by atoms with E-state index in [-0.39, 0.29) is 5.91 Å². The van der Waals surface area contributed by atoms with Crippen molar-refractivity contribution >= 4 is 28.8 Å². The van der Waals surface area contributed by atoms with Crippen LogP contribution in [0.2, 0.25) is 0 Å². The minimum atomic E-state index is -0.343. The van der Waals surface area contributed by atoms with E-state index in [0.29, 0.717) is 16.2 Å². The molecule has 0 fully saturated rings. The number of carbonyl (C=O) groups excluding carboxylic acids is 1. The maximum atomic E-state index is 11.3. The first kappa shape index (κ1) is 10.6. The van der Waals surface area contributed by atoms with Crippen molar-refractivity contribution < 1.29 is 4.79 Å². The van der Waals surface area contributed by atoms with Gasteiger partial charge in [0.2, 0.25) is 0 Å². The lowest BCUT2D eigenvalue weighted by atomic mass is 10.1. The van der Waals surface area contributed by atoms with Crippen LogP contribution in [-0.2, 0) is 0 Å². The monoisotopic (exact) mass is 209 g/mol. The standard InChI is InChI=1S/C9H11N3OS/c1-6(14)11-8-5-3-2-4-7(8)9(13)12-10/h2-5H,10H2,1H3,(H,11,14)(H,12,13). The minimum Gasteiger partial charge on any atom is -0.350 e.